The molecule has 1 heterocycles. The third-order valence-corrected chi connectivity index (χ3v) is 4.25. The van der Waals surface area contributed by atoms with Crippen LogP contribution in [0.5, 0.6) is 0 Å². The summed E-state index contributed by atoms with van der Waals surface area (Å²) in [6, 6.07) is -1.67. The maximum Gasteiger partial charge on any atom is 0.327 e. The summed E-state index contributed by atoms with van der Waals surface area (Å²) in [6.45, 7) is 0. The summed E-state index contributed by atoms with van der Waals surface area (Å²) in [5.74, 6) is -3.58. The lowest BCUT2D eigenvalue weighted by Crippen LogP contribution is -2.42. The number of alkyl halides is 2. The van der Waals surface area contributed by atoms with Crippen LogP contribution in [0.25, 0.3) is 0 Å². The number of carboxylic acids is 1. The van der Waals surface area contributed by atoms with Gasteiger partial charge in [-0.2, -0.15) is 0 Å². The van der Waals surface area contributed by atoms with Gasteiger partial charge in [0, 0.05) is 6.42 Å². The normalized spacial score (nSPS) is 29.6. The smallest absolute Gasteiger partial charge is 0.327 e. The zero-order valence-electron chi connectivity index (χ0n) is 7.89. The van der Waals surface area contributed by atoms with Crippen molar-refractivity contribution in [2.45, 2.75) is 24.1 Å². The molecule has 16 heavy (non-hydrogen) atoms. The summed E-state index contributed by atoms with van der Waals surface area (Å²) >= 11 is 0. The molecule has 1 fully saturated rings. The van der Waals surface area contributed by atoms with Gasteiger partial charge in [-0.3, -0.25) is 4.79 Å². The average Bonchev–Trinajstić information content (AvgIpc) is 2.22. The monoisotopic (exact) mass is 257 g/mol. The van der Waals surface area contributed by atoms with Crippen LogP contribution in [0.1, 0.15) is 6.42 Å². The molecule has 9 heteroatoms. The minimum absolute atomic E-state index is 0.913. The highest BCUT2D eigenvalue weighted by atomic mass is 32.2. The SMILES string of the molecule is O=C1C[C@H](C(F)F)S(=O)(=O)C[C@@H](C(=O)O)N1. The average molecular weight is 257 g/mol. The number of carboxylic acid groups (broad SMARTS) is 1. The second-order valence-electron chi connectivity index (χ2n) is 3.36. The molecule has 0 bridgehead atoms. The first-order valence-electron chi connectivity index (χ1n) is 4.26. The Kier molecular flexibility index (Phi) is 3.46. The van der Waals surface area contributed by atoms with Gasteiger partial charge in [0.1, 0.15) is 11.3 Å². The van der Waals surface area contributed by atoms with Crippen LogP contribution in [0.4, 0.5) is 8.78 Å². The van der Waals surface area contributed by atoms with Gasteiger partial charge in [0.2, 0.25) is 5.91 Å². The van der Waals surface area contributed by atoms with Gasteiger partial charge in [0.25, 0.3) is 6.43 Å². The lowest BCUT2D eigenvalue weighted by Gasteiger charge is -2.12. The van der Waals surface area contributed by atoms with Crippen molar-refractivity contribution in [3.05, 3.63) is 0 Å². The Morgan fingerprint density at radius 2 is 2.06 bits per heavy atom. The number of carbonyl (C=O) groups is 2. The molecule has 1 rings (SSSR count). The van der Waals surface area contributed by atoms with Crippen LogP contribution in [-0.2, 0) is 19.4 Å². The van der Waals surface area contributed by atoms with Crippen molar-refractivity contribution in [3.63, 3.8) is 0 Å². The quantitative estimate of drug-likeness (QED) is 0.661. The minimum Gasteiger partial charge on any atom is -0.480 e. The Morgan fingerprint density at radius 1 is 1.50 bits per heavy atom. The number of carbonyl (C=O) groups excluding carboxylic acids is 1. The van der Waals surface area contributed by atoms with Gasteiger partial charge in [-0.25, -0.2) is 22.0 Å². The molecule has 0 saturated carbocycles. The molecule has 0 aliphatic carbocycles. The van der Waals surface area contributed by atoms with Crippen molar-refractivity contribution < 1.29 is 31.9 Å². The summed E-state index contributed by atoms with van der Waals surface area (Å²) in [4.78, 5) is 21.6. The number of nitrogens with one attached hydrogen (secondary N) is 1. The third kappa shape index (κ3) is 2.65. The molecular formula is C7H9F2NO5S. The van der Waals surface area contributed by atoms with E-state index in [1.807, 2.05) is 5.32 Å². The molecule has 1 aliphatic heterocycles. The van der Waals surface area contributed by atoms with Gasteiger partial charge in [-0.1, -0.05) is 0 Å². The summed E-state index contributed by atoms with van der Waals surface area (Å²) < 4.78 is 47.5. The fourth-order valence-corrected chi connectivity index (χ4v) is 3.00. The van der Waals surface area contributed by atoms with Gasteiger partial charge < -0.3 is 10.4 Å². The van der Waals surface area contributed by atoms with Gasteiger partial charge >= 0.3 is 5.97 Å². The topological polar surface area (TPSA) is 101 Å². The molecule has 0 aromatic carbocycles. The van der Waals surface area contributed by atoms with Crippen molar-refractivity contribution in [3.8, 4) is 0 Å². The number of hydrogen-bond acceptors (Lipinski definition) is 4. The Labute approximate surface area is 89.5 Å². The first-order valence-corrected chi connectivity index (χ1v) is 5.97. The molecule has 2 N–H and O–H groups in total. The van der Waals surface area contributed by atoms with E-state index >= 15 is 0 Å². The second kappa shape index (κ2) is 4.32. The molecule has 6 nitrogen and oxygen atoms in total. The lowest BCUT2D eigenvalue weighted by atomic mass is 10.2. The summed E-state index contributed by atoms with van der Waals surface area (Å²) in [5.41, 5.74) is 0. The Morgan fingerprint density at radius 3 is 2.50 bits per heavy atom. The van der Waals surface area contributed by atoms with Crippen LogP contribution in [0.3, 0.4) is 0 Å². The molecule has 2 atom stereocenters. The third-order valence-electron chi connectivity index (χ3n) is 2.16. The molecule has 1 amide bonds. The molecule has 92 valence electrons. The van der Waals surface area contributed by atoms with Crippen molar-refractivity contribution in [1.29, 1.82) is 0 Å². The standard InChI is InChI=1S/C7H9F2NO5S/c8-6(9)4-1-5(11)10-3(7(12)13)2-16(4,14)15/h3-4,6H,1-2H2,(H,10,11)(H,12,13)/t3-,4+/m0/s1. The second-order valence-corrected chi connectivity index (χ2v) is 5.63. The fraction of sp³-hybridized carbons (Fsp3) is 0.714. The predicted octanol–water partition coefficient (Wildman–Crippen LogP) is -0.992. The van der Waals surface area contributed by atoms with E-state index in [2.05, 4.69) is 0 Å². The van der Waals surface area contributed by atoms with Crippen molar-refractivity contribution >= 4 is 21.7 Å². The lowest BCUT2D eigenvalue weighted by molar-refractivity contribution is -0.141. The highest BCUT2D eigenvalue weighted by Gasteiger charge is 2.42. The summed E-state index contributed by atoms with van der Waals surface area (Å²) in [5, 5.41) is 8.31. The van der Waals surface area contributed by atoms with Crippen LogP contribution < -0.4 is 5.32 Å². The number of halogens is 2. The van der Waals surface area contributed by atoms with Crippen LogP contribution in [-0.4, -0.2) is 48.9 Å². The molecule has 1 saturated heterocycles. The van der Waals surface area contributed by atoms with Crippen molar-refractivity contribution in [1.82, 2.24) is 5.32 Å². The largest absolute Gasteiger partial charge is 0.480 e. The predicted molar refractivity (Wildman–Crippen MR) is 47.8 cm³/mol. The van der Waals surface area contributed by atoms with Gasteiger partial charge in [0.05, 0.1) is 5.75 Å². The number of aliphatic carboxylic acids is 1. The van der Waals surface area contributed by atoms with Crippen LogP contribution >= 0.6 is 0 Å². The van der Waals surface area contributed by atoms with Crippen LogP contribution in [0.2, 0.25) is 0 Å². The van der Waals surface area contributed by atoms with E-state index in [9.17, 15) is 26.8 Å². The highest BCUT2D eigenvalue weighted by molar-refractivity contribution is 7.92. The first kappa shape index (κ1) is 12.8. The van der Waals surface area contributed by atoms with Crippen molar-refractivity contribution in [2.75, 3.05) is 5.75 Å². The Balaban J connectivity index is 3.05. The molecular weight excluding hydrogens is 248 g/mol. The van der Waals surface area contributed by atoms with E-state index in [-0.39, 0.29) is 0 Å². The summed E-state index contributed by atoms with van der Waals surface area (Å²) in [6.07, 6.45) is -4.12. The van der Waals surface area contributed by atoms with Gasteiger partial charge in [-0.05, 0) is 0 Å². The zero-order valence-corrected chi connectivity index (χ0v) is 8.71. The van der Waals surface area contributed by atoms with Gasteiger partial charge in [0.15, 0.2) is 9.84 Å². The van der Waals surface area contributed by atoms with Crippen LogP contribution in [0, 0.1) is 0 Å². The van der Waals surface area contributed by atoms with Gasteiger partial charge in [-0.15, -0.1) is 0 Å². The minimum atomic E-state index is -4.30. The van der Waals surface area contributed by atoms with Crippen molar-refractivity contribution in [2.24, 2.45) is 0 Å². The van der Waals surface area contributed by atoms with E-state index in [1.54, 1.807) is 0 Å². The fourth-order valence-electron chi connectivity index (χ4n) is 1.34. The van der Waals surface area contributed by atoms with Crippen LogP contribution in [0.15, 0.2) is 0 Å². The molecule has 0 spiro atoms. The number of rotatable bonds is 2. The van der Waals surface area contributed by atoms with E-state index in [4.69, 9.17) is 5.11 Å². The van der Waals surface area contributed by atoms with E-state index in [1.165, 1.54) is 0 Å². The number of hydrogen-bond donors (Lipinski definition) is 2. The summed E-state index contributed by atoms with van der Waals surface area (Å²) in [7, 11) is -4.30. The van der Waals surface area contributed by atoms with E-state index in [0.717, 1.165) is 0 Å². The number of sulfone groups is 1. The number of amides is 1. The molecule has 0 aromatic heterocycles. The highest BCUT2D eigenvalue weighted by Crippen LogP contribution is 2.19. The molecule has 0 aromatic rings. The zero-order chi connectivity index (χ0) is 12.5. The maximum absolute atomic E-state index is 12.4. The first-order chi connectivity index (χ1) is 7.24. The molecule has 0 unspecified atom stereocenters. The maximum atomic E-state index is 12.4. The molecule has 1 aliphatic rings. The van der Waals surface area contributed by atoms with E-state index in [0.29, 0.717) is 0 Å². The Bertz CT molecular complexity index is 407. The molecule has 0 radical (unpaired) electrons. The van der Waals surface area contributed by atoms with E-state index < -0.39 is 51.6 Å². The Hall–Kier alpha value is -1.25.